The monoisotopic (exact) mass is 288 g/mol. The average molecular weight is 288 g/mol. The normalized spacial score (nSPS) is 10.6. The van der Waals surface area contributed by atoms with Gasteiger partial charge in [-0.3, -0.25) is 0 Å². The fraction of sp³-hybridized carbons (Fsp3) is 0.400. The molecule has 2 N–H and O–H groups in total. The second kappa shape index (κ2) is 6.88. The molecule has 0 saturated carbocycles. The zero-order valence-electron chi connectivity index (χ0n) is 12.3. The maximum atomic E-state index is 11.1. The molecule has 6 heteroatoms. The van der Waals surface area contributed by atoms with Gasteiger partial charge in [0, 0.05) is 38.1 Å². The topological polar surface area (TPSA) is 80.0 Å². The molecule has 2 heterocycles. The van der Waals surface area contributed by atoms with Gasteiger partial charge in [0.1, 0.15) is 11.6 Å². The SMILES string of the molecule is CCCc1cc(C(=O)O)cc(NCCc2nccn2C)n1. The maximum absolute atomic E-state index is 11.1. The second-order valence-corrected chi connectivity index (χ2v) is 4.92. The Morgan fingerprint density at radius 1 is 1.38 bits per heavy atom. The zero-order valence-corrected chi connectivity index (χ0v) is 12.3. The predicted octanol–water partition coefficient (Wildman–Crippen LogP) is 2.12. The molecule has 0 spiro atoms. The Morgan fingerprint density at radius 3 is 2.81 bits per heavy atom. The zero-order chi connectivity index (χ0) is 15.2. The maximum Gasteiger partial charge on any atom is 0.335 e. The van der Waals surface area contributed by atoms with E-state index in [0.717, 1.165) is 30.8 Å². The van der Waals surface area contributed by atoms with Crippen molar-refractivity contribution < 1.29 is 9.90 Å². The fourth-order valence-corrected chi connectivity index (χ4v) is 2.13. The van der Waals surface area contributed by atoms with E-state index in [9.17, 15) is 4.79 Å². The highest BCUT2D eigenvalue weighted by Gasteiger charge is 2.08. The molecule has 0 unspecified atom stereocenters. The molecule has 0 aliphatic heterocycles. The highest BCUT2D eigenvalue weighted by Crippen LogP contribution is 2.12. The van der Waals surface area contributed by atoms with Crippen LogP contribution in [-0.2, 0) is 19.9 Å². The van der Waals surface area contributed by atoms with E-state index in [1.54, 1.807) is 18.3 Å². The van der Waals surface area contributed by atoms with Gasteiger partial charge in [-0.15, -0.1) is 0 Å². The van der Waals surface area contributed by atoms with Crippen molar-refractivity contribution >= 4 is 11.8 Å². The molecule has 2 rings (SSSR count). The van der Waals surface area contributed by atoms with E-state index < -0.39 is 5.97 Å². The van der Waals surface area contributed by atoms with Gasteiger partial charge in [0.15, 0.2) is 0 Å². The molecule has 0 aromatic carbocycles. The number of rotatable bonds is 7. The number of carboxylic acids is 1. The Morgan fingerprint density at radius 2 is 2.19 bits per heavy atom. The molecular weight excluding hydrogens is 268 g/mol. The van der Waals surface area contributed by atoms with Crippen molar-refractivity contribution in [2.45, 2.75) is 26.2 Å². The van der Waals surface area contributed by atoms with Crippen LogP contribution >= 0.6 is 0 Å². The Balaban J connectivity index is 2.04. The highest BCUT2D eigenvalue weighted by atomic mass is 16.4. The van der Waals surface area contributed by atoms with Gasteiger partial charge in [-0.25, -0.2) is 14.8 Å². The first-order chi connectivity index (χ1) is 10.1. The van der Waals surface area contributed by atoms with Gasteiger partial charge in [-0.05, 0) is 18.6 Å². The lowest BCUT2D eigenvalue weighted by Crippen LogP contribution is -2.11. The van der Waals surface area contributed by atoms with Crippen LogP contribution in [0.1, 0.15) is 35.2 Å². The van der Waals surface area contributed by atoms with Gasteiger partial charge in [-0.2, -0.15) is 0 Å². The van der Waals surface area contributed by atoms with E-state index in [4.69, 9.17) is 5.11 Å². The lowest BCUT2D eigenvalue weighted by molar-refractivity contribution is 0.0696. The van der Waals surface area contributed by atoms with Gasteiger partial charge in [0.25, 0.3) is 0 Å². The molecule has 0 bridgehead atoms. The van der Waals surface area contributed by atoms with Crippen LogP contribution in [0.3, 0.4) is 0 Å². The summed E-state index contributed by atoms with van der Waals surface area (Å²) in [5.74, 6) is 0.653. The Kier molecular flexibility index (Phi) is 4.92. The molecule has 0 amide bonds. The van der Waals surface area contributed by atoms with Crippen LogP contribution in [0.5, 0.6) is 0 Å². The first-order valence-electron chi connectivity index (χ1n) is 7.04. The molecule has 0 atom stereocenters. The number of carbonyl (C=O) groups is 1. The number of nitrogens with zero attached hydrogens (tertiary/aromatic N) is 3. The predicted molar refractivity (Wildman–Crippen MR) is 80.6 cm³/mol. The number of aromatic nitrogens is 3. The molecule has 2 aromatic rings. The highest BCUT2D eigenvalue weighted by molar-refractivity contribution is 5.88. The number of hydrogen-bond acceptors (Lipinski definition) is 4. The van der Waals surface area contributed by atoms with Crippen LogP contribution in [0.15, 0.2) is 24.5 Å². The standard InChI is InChI=1S/C15H20N4O2/c1-3-4-12-9-11(15(20)21)10-13(18-12)16-6-5-14-17-7-8-19(14)2/h7-10H,3-6H2,1-2H3,(H,16,18)(H,20,21). The smallest absolute Gasteiger partial charge is 0.335 e. The molecule has 0 saturated heterocycles. The molecule has 112 valence electrons. The van der Waals surface area contributed by atoms with Crippen LogP contribution < -0.4 is 5.32 Å². The van der Waals surface area contributed by atoms with Gasteiger partial charge in [-0.1, -0.05) is 13.3 Å². The fourth-order valence-electron chi connectivity index (χ4n) is 2.13. The summed E-state index contributed by atoms with van der Waals surface area (Å²) in [4.78, 5) is 19.8. The summed E-state index contributed by atoms with van der Waals surface area (Å²) in [6, 6.07) is 3.20. The van der Waals surface area contributed by atoms with Crippen LogP contribution in [0.25, 0.3) is 0 Å². The van der Waals surface area contributed by atoms with Crippen molar-refractivity contribution in [1.82, 2.24) is 14.5 Å². The molecule has 6 nitrogen and oxygen atoms in total. The number of pyridine rings is 1. The molecule has 0 aliphatic carbocycles. The van der Waals surface area contributed by atoms with Crippen LogP contribution in [0, 0.1) is 0 Å². The van der Waals surface area contributed by atoms with Gasteiger partial charge >= 0.3 is 5.97 Å². The summed E-state index contributed by atoms with van der Waals surface area (Å²) in [6.07, 6.45) is 6.12. The molecular formula is C15H20N4O2. The summed E-state index contributed by atoms with van der Waals surface area (Å²) in [5.41, 5.74) is 1.07. The van der Waals surface area contributed by atoms with Crippen molar-refractivity contribution in [1.29, 1.82) is 0 Å². The number of carboxylic acid groups (broad SMARTS) is 1. The van der Waals surface area contributed by atoms with E-state index >= 15 is 0 Å². The van der Waals surface area contributed by atoms with Crippen LogP contribution in [-0.4, -0.2) is 32.2 Å². The van der Waals surface area contributed by atoms with E-state index in [1.807, 2.05) is 24.7 Å². The first-order valence-corrected chi connectivity index (χ1v) is 7.04. The minimum absolute atomic E-state index is 0.271. The number of aromatic carboxylic acids is 1. The van der Waals surface area contributed by atoms with Gasteiger partial charge in [0.2, 0.25) is 0 Å². The average Bonchev–Trinajstić information content (AvgIpc) is 2.84. The summed E-state index contributed by atoms with van der Waals surface area (Å²) in [6.45, 7) is 2.70. The number of hydrogen-bond donors (Lipinski definition) is 2. The van der Waals surface area contributed by atoms with Crippen molar-refractivity contribution in [3.05, 3.63) is 41.6 Å². The Hall–Kier alpha value is -2.37. The second-order valence-electron chi connectivity index (χ2n) is 4.92. The third-order valence-electron chi connectivity index (χ3n) is 3.21. The number of nitrogens with one attached hydrogen (secondary N) is 1. The Bertz CT molecular complexity index is 622. The first kappa shape index (κ1) is 15.0. The molecule has 0 radical (unpaired) electrons. The minimum atomic E-state index is -0.929. The lowest BCUT2D eigenvalue weighted by Gasteiger charge is -2.09. The number of aryl methyl sites for hydroxylation is 2. The summed E-state index contributed by atoms with van der Waals surface area (Å²) < 4.78 is 1.96. The molecule has 0 fully saturated rings. The third kappa shape index (κ3) is 4.05. The van der Waals surface area contributed by atoms with E-state index in [0.29, 0.717) is 12.4 Å². The van der Waals surface area contributed by atoms with Crippen LogP contribution in [0.4, 0.5) is 5.82 Å². The van der Waals surface area contributed by atoms with Gasteiger partial charge in [0.05, 0.1) is 5.56 Å². The van der Waals surface area contributed by atoms with Gasteiger partial charge < -0.3 is 15.0 Å². The third-order valence-corrected chi connectivity index (χ3v) is 3.21. The van der Waals surface area contributed by atoms with Crippen molar-refractivity contribution in [2.24, 2.45) is 7.05 Å². The molecule has 21 heavy (non-hydrogen) atoms. The molecule has 0 aliphatic rings. The van der Waals surface area contributed by atoms with E-state index in [1.165, 1.54) is 0 Å². The van der Waals surface area contributed by atoms with E-state index in [2.05, 4.69) is 15.3 Å². The van der Waals surface area contributed by atoms with E-state index in [-0.39, 0.29) is 5.56 Å². The number of imidazole rings is 1. The van der Waals surface area contributed by atoms with Crippen molar-refractivity contribution in [2.75, 3.05) is 11.9 Å². The van der Waals surface area contributed by atoms with Crippen LogP contribution in [0.2, 0.25) is 0 Å². The lowest BCUT2D eigenvalue weighted by atomic mass is 10.1. The summed E-state index contributed by atoms with van der Waals surface area (Å²) in [5, 5.41) is 12.3. The number of anilines is 1. The largest absolute Gasteiger partial charge is 0.478 e. The quantitative estimate of drug-likeness (QED) is 0.815. The molecule has 2 aromatic heterocycles. The summed E-state index contributed by atoms with van der Waals surface area (Å²) in [7, 11) is 1.95. The summed E-state index contributed by atoms with van der Waals surface area (Å²) >= 11 is 0. The Labute approximate surface area is 123 Å². The minimum Gasteiger partial charge on any atom is -0.478 e. The van der Waals surface area contributed by atoms with Crippen molar-refractivity contribution in [3.8, 4) is 0 Å². The van der Waals surface area contributed by atoms with Crippen molar-refractivity contribution in [3.63, 3.8) is 0 Å².